The van der Waals surface area contributed by atoms with Gasteiger partial charge in [0.15, 0.2) is 0 Å². The molecule has 2 aliphatic rings. The summed E-state index contributed by atoms with van der Waals surface area (Å²) in [5, 5.41) is 0.920. The van der Waals surface area contributed by atoms with E-state index in [0.29, 0.717) is 0 Å². The van der Waals surface area contributed by atoms with Crippen molar-refractivity contribution in [3.8, 4) is 33.6 Å². The van der Waals surface area contributed by atoms with Crippen LogP contribution in [0.2, 0.25) is 0 Å². The van der Waals surface area contributed by atoms with Gasteiger partial charge in [0.05, 0.1) is 11.4 Å². The van der Waals surface area contributed by atoms with Crippen LogP contribution in [0, 0.1) is 0 Å². The second-order valence-electron chi connectivity index (χ2n) is 14.4. The molecule has 0 unspecified atom stereocenters. The molecule has 3 aromatic heterocycles. The average Bonchev–Trinajstić information content (AvgIpc) is 3.30. The van der Waals surface area contributed by atoms with Gasteiger partial charge in [0.2, 0.25) is 0 Å². The summed E-state index contributed by atoms with van der Waals surface area (Å²) in [6.45, 7) is -0.169. The highest BCUT2D eigenvalue weighted by molar-refractivity contribution is 7.99. The van der Waals surface area contributed by atoms with Gasteiger partial charge < -0.3 is 0 Å². The molecule has 0 radical (unpaired) electrons. The maximum atomic E-state index is 5.59. The molecule has 5 heterocycles. The summed E-state index contributed by atoms with van der Waals surface area (Å²) in [6.07, 6.45) is 0. The molecule has 2 aliphatic heterocycles. The molecule has 0 atom stereocenters. The summed E-state index contributed by atoms with van der Waals surface area (Å²) in [7, 11) is 0. The van der Waals surface area contributed by atoms with Crippen molar-refractivity contribution in [2.24, 2.45) is 0 Å². The number of hydrogen-bond donors (Lipinski definition) is 0. The van der Waals surface area contributed by atoms with Gasteiger partial charge >= 0.3 is 0 Å². The lowest BCUT2D eigenvalue weighted by atomic mass is 9.34. The summed E-state index contributed by atoms with van der Waals surface area (Å²) in [6, 6.07) is 72.4. The second kappa shape index (κ2) is 14.4. The molecule has 0 spiro atoms. The van der Waals surface area contributed by atoms with E-state index in [1.54, 1.807) is 11.8 Å². The summed E-state index contributed by atoms with van der Waals surface area (Å²) >= 11 is 1.67. The molecule has 7 heteroatoms. The highest BCUT2D eigenvalue weighted by Crippen LogP contribution is 2.44. The van der Waals surface area contributed by atoms with E-state index in [4.69, 9.17) is 15.0 Å². The first-order chi connectivity index (χ1) is 28.8. The molecule has 58 heavy (non-hydrogen) atoms. The molecule has 0 saturated carbocycles. The average molecular weight is 760 g/mol. The van der Waals surface area contributed by atoms with Crippen LogP contribution in [0.5, 0.6) is 0 Å². The molecular weight excluding hydrogens is 725 g/mol. The van der Waals surface area contributed by atoms with E-state index in [2.05, 4.69) is 210 Å². The largest absolute Gasteiger partial charge is 0.296 e. The molecule has 9 aromatic rings. The highest BCUT2D eigenvalue weighted by Gasteiger charge is 2.46. The van der Waals surface area contributed by atoms with Gasteiger partial charge in [-0.1, -0.05) is 163 Å². The summed E-state index contributed by atoms with van der Waals surface area (Å²) < 4.78 is 0. The zero-order chi connectivity index (χ0) is 38.4. The lowest BCUT2D eigenvalue weighted by molar-refractivity contribution is 1.06. The quantitative estimate of drug-likeness (QED) is 0.151. The van der Waals surface area contributed by atoms with Gasteiger partial charge in [-0.15, -0.1) is 0 Å². The Balaban J connectivity index is 1.17. The number of hydrogen-bond acceptors (Lipinski definition) is 6. The van der Waals surface area contributed by atoms with Crippen LogP contribution in [0.15, 0.2) is 216 Å². The number of para-hydroxylation sites is 2. The predicted octanol–water partition coefficient (Wildman–Crippen LogP) is 11.1. The lowest BCUT2D eigenvalue weighted by Crippen LogP contribution is -2.62. The summed E-state index contributed by atoms with van der Waals surface area (Å²) in [5.74, 6) is 2.63. The smallest absolute Gasteiger partial charge is 0.258 e. The molecule has 11 rings (SSSR count). The predicted molar refractivity (Wildman–Crippen MR) is 241 cm³/mol. The van der Waals surface area contributed by atoms with Crippen molar-refractivity contribution in [1.29, 1.82) is 0 Å². The number of anilines is 6. The Morgan fingerprint density at radius 2 is 0.862 bits per heavy atom. The zero-order valence-corrected chi connectivity index (χ0v) is 32.2. The number of aromatic nitrogens is 3. The van der Waals surface area contributed by atoms with E-state index in [-0.39, 0.29) is 6.71 Å². The fourth-order valence-electron chi connectivity index (χ4n) is 8.27. The highest BCUT2D eigenvalue weighted by atomic mass is 32.2. The van der Waals surface area contributed by atoms with Gasteiger partial charge in [-0.25, -0.2) is 15.0 Å². The number of pyridine rings is 3. The van der Waals surface area contributed by atoms with Crippen molar-refractivity contribution in [3.05, 3.63) is 206 Å². The third-order valence-corrected chi connectivity index (χ3v) is 11.9. The van der Waals surface area contributed by atoms with E-state index in [1.165, 1.54) is 11.1 Å². The molecule has 0 saturated heterocycles. The van der Waals surface area contributed by atoms with Crippen LogP contribution in [0.1, 0.15) is 0 Å². The normalized spacial score (nSPS) is 12.4. The Labute approximate surface area is 342 Å². The van der Waals surface area contributed by atoms with Gasteiger partial charge in [-0.05, 0) is 82.1 Å². The molecule has 6 aromatic carbocycles. The molecular formula is C51H34BN5S. The first-order valence-corrected chi connectivity index (χ1v) is 20.3. The molecule has 0 fully saturated rings. The van der Waals surface area contributed by atoms with Crippen molar-refractivity contribution >= 4 is 69.4 Å². The SMILES string of the molecule is c1ccc(Sc2ccc3c(n2)N(c2ccccc2)c2nc(-c4ccccc4)cc4c2B3c2ccc(-c3ccc(-c5ccccc5)cc3)nc2N4c2ccccc2)cc1. The van der Waals surface area contributed by atoms with E-state index in [9.17, 15) is 0 Å². The first-order valence-electron chi connectivity index (χ1n) is 19.5. The Morgan fingerprint density at radius 1 is 0.379 bits per heavy atom. The Kier molecular flexibility index (Phi) is 8.44. The lowest BCUT2D eigenvalue weighted by Gasteiger charge is -2.42. The fraction of sp³-hybridized carbons (Fsp3) is 0. The van der Waals surface area contributed by atoms with E-state index < -0.39 is 0 Å². The third-order valence-electron chi connectivity index (χ3n) is 10.9. The minimum Gasteiger partial charge on any atom is -0.296 e. The Hall–Kier alpha value is -7.22. The molecule has 0 aliphatic carbocycles. The van der Waals surface area contributed by atoms with Crippen LogP contribution in [0.25, 0.3) is 33.6 Å². The molecule has 0 amide bonds. The zero-order valence-electron chi connectivity index (χ0n) is 31.4. The van der Waals surface area contributed by atoms with Gasteiger partial charge in [0, 0.05) is 33.1 Å². The van der Waals surface area contributed by atoms with Crippen LogP contribution in [0.4, 0.5) is 34.5 Å². The van der Waals surface area contributed by atoms with Crippen molar-refractivity contribution in [3.63, 3.8) is 0 Å². The number of nitrogens with zero attached hydrogens (tertiary/aromatic N) is 5. The van der Waals surface area contributed by atoms with Crippen LogP contribution >= 0.6 is 11.8 Å². The third kappa shape index (κ3) is 5.95. The summed E-state index contributed by atoms with van der Waals surface area (Å²) in [5.41, 5.74) is 12.7. The van der Waals surface area contributed by atoms with Crippen molar-refractivity contribution in [1.82, 2.24) is 15.0 Å². The molecule has 0 N–H and O–H groups in total. The van der Waals surface area contributed by atoms with Gasteiger partial charge in [0.25, 0.3) is 6.71 Å². The monoisotopic (exact) mass is 759 g/mol. The number of fused-ring (bicyclic) bond motifs is 4. The van der Waals surface area contributed by atoms with Crippen LogP contribution in [-0.4, -0.2) is 21.7 Å². The van der Waals surface area contributed by atoms with Crippen LogP contribution in [-0.2, 0) is 0 Å². The van der Waals surface area contributed by atoms with Crippen molar-refractivity contribution in [2.75, 3.05) is 9.80 Å². The van der Waals surface area contributed by atoms with E-state index in [1.807, 2.05) is 6.07 Å². The fourth-order valence-corrected chi connectivity index (χ4v) is 9.07. The molecule has 5 nitrogen and oxygen atoms in total. The number of benzene rings is 6. The van der Waals surface area contributed by atoms with Gasteiger partial charge in [-0.2, -0.15) is 0 Å². The first kappa shape index (κ1) is 34.1. The minimum atomic E-state index is -0.169. The Morgan fingerprint density at radius 3 is 1.52 bits per heavy atom. The minimum absolute atomic E-state index is 0.169. The molecule has 272 valence electrons. The van der Waals surface area contributed by atoms with Gasteiger partial charge in [-0.3, -0.25) is 9.80 Å². The number of rotatable bonds is 7. The van der Waals surface area contributed by atoms with Crippen molar-refractivity contribution < 1.29 is 0 Å². The van der Waals surface area contributed by atoms with Crippen molar-refractivity contribution in [2.45, 2.75) is 9.92 Å². The molecule has 0 bridgehead atoms. The van der Waals surface area contributed by atoms with Crippen LogP contribution in [0.3, 0.4) is 0 Å². The van der Waals surface area contributed by atoms with Crippen LogP contribution < -0.4 is 26.2 Å². The van der Waals surface area contributed by atoms with E-state index >= 15 is 0 Å². The van der Waals surface area contributed by atoms with Gasteiger partial charge in [0.1, 0.15) is 22.5 Å². The Bertz CT molecular complexity index is 2910. The second-order valence-corrected chi connectivity index (χ2v) is 15.5. The summed E-state index contributed by atoms with van der Waals surface area (Å²) in [4.78, 5) is 22.4. The topological polar surface area (TPSA) is 45.2 Å². The maximum absolute atomic E-state index is 5.59. The maximum Gasteiger partial charge on any atom is 0.258 e. The standard InChI is InChI=1S/C51H34BN5S/c1-6-16-35(17-7-1)36-26-28-38(29-27-36)44-32-30-42-49(53-44)56(39-20-10-3-11-21-39)46-34-45(37-18-8-2-9-19-37)54-51-48(46)52(42)43-31-33-47(58-41-24-14-5-15-25-41)55-50(43)57(51)40-22-12-4-13-23-40/h1-34H. The van der Waals surface area contributed by atoms with E-state index in [0.717, 1.165) is 83.3 Å².